The average Bonchev–Trinajstić information content (AvgIpc) is 2.65. The minimum atomic E-state index is -0.373. The first-order valence-corrected chi connectivity index (χ1v) is 8.78. The third kappa shape index (κ3) is 4.23. The highest BCUT2D eigenvalue weighted by Gasteiger charge is 2.20. The van der Waals surface area contributed by atoms with Gasteiger partial charge < -0.3 is 15.1 Å². The number of rotatable bonds is 3. The molecule has 0 spiro atoms. The molecule has 1 aliphatic rings. The Kier molecular flexibility index (Phi) is 5.58. The molecule has 0 atom stereocenters. The number of carbonyl (C=O) groups excluding carboxylic acids is 2. The van der Waals surface area contributed by atoms with Crippen LogP contribution in [0.5, 0.6) is 0 Å². The number of piperazine rings is 1. The number of benzene rings is 1. The molecule has 0 unspecified atom stereocenters. The van der Waals surface area contributed by atoms with E-state index in [1.165, 1.54) is 12.4 Å². The normalized spacial score (nSPS) is 14.3. The van der Waals surface area contributed by atoms with Crippen LogP contribution in [-0.2, 0) is 4.79 Å². The molecule has 1 fully saturated rings. The third-order valence-electron chi connectivity index (χ3n) is 4.08. The molecule has 2 amide bonds. The molecule has 9 heteroatoms. The van der Waals surface area contributed by atoms with E-state index in [1.54, 1.807) is 30.0 Å². The van der Waals surface area contributed by atoms with Crippen molar-refractivity contribution in [1.29, 1.82) is 0 Å². The van der Waals surface area contributed by atoms with E-state index in [2.05, 4.69) is 15.3 Å². The summed E-state index contributed by atoms with van der Waals surface area (Å²) in [4.78, 5) is 36.0. The SMILES string of the molecule is CC(=O)N1CCN(c2ncc(C(=O)Nc3cc(Cl)ccc3Cl)cn2)CC1. The van der Waals surface area contributed by atoms with Gasteiger partial charge >= 0.3 is 0 Å². The van der Waals surface area contributed by atoms with Crippen LogP contribution in [0.4, 0.5) is 11.6 Å². The number of hydrogen-bond acceptors (Lipinski definition) is 5. The van der Waals surface area contributed by atoms with Crippen LogP contribution in [0.1, 0.15) is 17.3 Å². The van der Waals surface area contributed by atoms with E-state index in [9.17, 15) is 9.59 Å². The Morgan fingerprint density at radius 1 is 1.08 bits per heavy atom. The van der Waals surface area contributed by atoms with Gasteiger partial charge in [-0.3, -0.25) is 9.59 Å². The van der Waals surface area contributed by atoms with E-state index < -0.39 is 0 Å². The monoisotopic (exact) mass is 393 g/mol. The van der Waals surface area contributed by atoms with E-state index in [1.807, 2.05) is 4.90 Å². The predicted octanol–water partition coefficient (Wildman–Crippen LogP) is 2.70. The molecule has 0 aliphatic carbocycles. The standard InChI is InChI=1S/C17H17Cl2N5O2/c1-11(25)23-4-6-24(7-5-23)17-20-9-12(10-21-17)16(26)22-15-8-13(18)2-3-14(15)19/h2-3,8-10H,4-7H2,1H3,(H,22,26). The van der Waals surface area contributed by atoms with Gasteiger partial charge in [-0.25, -0.2) is 9.97 Å². The zero-order valence-corrected chi connectivity index (χ0v) is 15.6. The van der Waals surface area contributed by atoms with Gasteiger partial charge in [-0.1, -0.05) is 23.2 Å². The lowest BCUT2D eigenvalue weighted by Crippen LogP contribution is -2.48. The highest BCUT2D eigenvalue weighted by Crippen LogP contribution is 2.25. The van der Waals surface area contributed by atoms with Crippen molar-refractivity contribution in [3.8, 4) is 0 Å². The molecular formula is C17H17Cl2N5O2. The number of nitrogens with one attached hydrogen (secondary N) is 1. The first kappa shape index (κ1) is 18.4. The second kappa shape index (κ2) is 7.88. The second-order valence-corrected chi connectivity index (χ2v) is 6.69. The molecule has 7 nitrogen and oxygen atoms in total. The van der Waals surface area contributed by atoms with Crippen molar-refractivity contribution in [3.63, 3.8) is 0 Å². The molecule has 0 bridgehead atoms. The lowest BCUT2D eigenvalue weighted by molar-refractivity contribution is -0.129. The van der Waals surface area contributed by atoms with E-state index in [0.717, 1.165) is 0 Å². The Hall–Kier alpha value is -2.38. The zero-order chi connectivity index (χ0) is 18.7. The fourth-order valence-electron chi connectivity index (χ4n) is 2.61. The first-order chi connectivity index (χ1) is 12.4. The molecule has 1 N–H and O–H groups in total. The van der Waals surface area contributed by atoms with Gasteiger partial charge in [0, 0.05) is 50.5 Å². The summed E-state index contributed by atoms with van der Waals surface area (Å²) in [5, 5.41) is 3.56. The van der Waals surface area contributed by atoms with E-state index in [-0.39, 0.29) is 11.8 Å². The number of halogens is 2. The van der Waals surface area contributed by atoms with Crippen LogP contribution in [0.15, 0.2) is 30.6 Å². The van der Waals surface area contributed by atoms with Crippen LogP contribution >= 0.6 is 23.2 Å². The van der Waals surface area contributed by atoms with Crippen molar-refractivity contribution >= 4 is 46.7 Å². The first-order valence-electron chi connectivity index (χ1n) is 8.03. The molecule has 3 rings (SSSR count). The summed E-state index contributed by atoms with van der Waals surface area (Å²) in [6, 6.07) is 4.83. The van der Waals surface area contributed by atoms with Gasteiger partial charge in [0.1, 0.15) is 0 Å². The Morgan fingerprint density at radius 2 is 1.73 bits per heavy atom. The van der Waals surface area contributed by atoms with Gasteiger partial charge in [0.15, 0.2) is 0 Å². The minimum absolute atomic E-state index is 0.0669. The van der Waals surface area contributed by atoms with Crippen LogP contribution in [0, 0.1) is 0 Å². The molecule has 1 aromatic carbocycles. The zero-order valence-electron chi connectivity index (χ0n) is 14.1. The Balaban J connectivity index is 1.65. The number of amides is 2. The second-order valence-electron chi connectivity index (χ2n) is 5.84. The van der Waals surface area contributed by atoms with Crippen LogP contribution in [0.3, 0.4) is 0 Å². The molecule has 2 aromatic rings. The van der Waals surface area contributed by atoms with E-state index in [0.29, 0.717) is 53.4 Å². The fraction of sp³-hybridized carbons (Fsp3) is 0.294. The maximum absolute atomic E-state index is 12.3. The van der Waals surface area contributed by atoms with Gasteiger partial charge in [0.2, 0.25) is 11.9 Å². The number of hydrogen-bond donors (Lipinski definition) is 1. The van der Waals surface area contributed by atoms with E-state index >= 15 is 0 Å². The van der Waals surface area contributed by atoms with Crippen LogP contribution in [0.25, 0.3) is 0 Å². The van der Waals surface area contributed by atoms with Crippen molar-refractivity contribution in [1.82, 2.24) is 14.9 Å². The smallest absolute Gasteiger partial charge is 0.258 e. The van der Waals surface area contributed by atoms with E-state index in [4.69, 9.17) is 23.2 Å². The fourth-order valence-corrected chi connectivity index (χ4v) is 2.95. The molecule has 26 heavy (non-hydrogen) atoms. The van der Waals surface area contributed by atoms with Crippen LogP contribution in [-0.4, -0.2) is 52.9 Å². The largest absolute Gasteiger partial charge is 0.339 e. The van der Waals surface area contributed by atoms with Crippen molar-refractivity contribution in [3.05, 3.63) is 46.2 Å². The molecule has 1 aliphatic heterocycles. The quantitative estimate of drug-likeness (QED) is 0.866. The Morgan fingerprint density at radius 3 is 2.35 bits per heavy atom. The van der Waals surface area contributed by atoms with Crippen molar-refractivity contribution in [2.24, 2.45) is 0 Å². The molecule has 0 saturated carbocycles. The maximum atomic E-state index is 12.3. The molecule has 0 radical (unpaired) electrons. The summed E-state index contributed by atoms with van der Waals surface area (Å²) in [5.41, 5.74) is 0.737. The van der Waals surface area contributed by atoms with Crippen molar-refractivity contribution in [2.75, 3.05) is 36.4 Å². The summed E-state index contributed by atoms with van der Waals surface area (Å²) in [6.45, 7) is 4.14. The summed E-state index contributed by atoms with van der Waals surface area (Å²) in [6.07, 6.45) is 2.93. The third-order valence-corrected chi connectivity index (χ3v) is 4.65. The number of aromatic nitrogens is 2. The number of anilines is 2. The predicted molar refractivity (Wildman–Crippen MR) is 101 cm³/mol. The lowest BCUT2D eigenvalue weighted by Gasteiger charge is -2.34. The highest BCUT2D eigenvalue weighted by atomic mass is 35.5. The summed E-state index contributed by atoms with van der Waals surface area (Å²) in [5.74, 6) is 0.227. The van der Waals surface area contributed by atoms with Gasteiger partial charge in [0.05, 0.1) is 16.3 Å². The van der Waals surface area contributed by atoms with Gasteiger partial charge in [-0.15, -0.1) is 0 Å². The van der Waals surface area contributed by atoms with Gasteiger partial charge in [0.25, 0.3) is 5.91 Å². The number of carbonyl (C=O) groups is 2. The minimum Gasteiger partial charge on any atom is -0.339 e. The summed E-state index contributed by atoms with van der Waals surface area (Å²) in [7, 11) is 0. The van der Waals surface area contributed by atoms with Crippen LogP contribution < -0.4 is 10.2 Å². The molecule has 1 aromatic heterocycles. The molecule has 136 valence electrons. The topological polar surface area (TPSA) is 78.4 Å². The Labute approximate surface area is 160 Å². The van der Waals surface area contributed by atoms with Crippen molar-refractivity contribution < 1.29 is 9.59 Å². The summed E-state index contributed by atoms with van der Waals surface area (Å²) >= 11 is 12.0. The van der Waals surface area contributed by atoms with Crippen molar-refractivity contribution in [2.45, 2.75) is 6.92 Å². The summed E-state index contributed by atoms with van der Waals surface area (Å²) < 4.78 is 0. The average molecular weight is 394 g/mol. The molecule has 1 saturated heterocycles. The molecule has 2 heterocycles. The van der Waals surface area contributed by atoms with Crippen LogP contribution in [0.2, 0.25) is 10.0 Å². The maximum Gasteiger partial charge on any atom is 0.258 e. The van der Waals surface area contributed by atoms with Gasteiger partial charge in [-0.2, -0.15) is 0 Å². The van der Waals surface area contributed by atoms with Gasteiger partial charge in [-0.05, 0) is 18.2 Å². The lowest BCUT2D eigenvalue weighted by atomic mass is 10.2. The Bertz CT molecular complexity index is 820. The highest BCUT2D eigenvalue weighted by molar-refractivity contribution is 6.35. The molecular weight excluding hydrogens is 377 g/mol. The number of nitrogens with zero attached hydrogens (tertiary/aromatic N) is 4.